The summed E-state index contributed by atoms with van der Waals surface area (Å²) in [6.45, 7) is 1.97. The number of hydrogen-bond acceptors (Lipinski definition) is 1. The third-order valence-electron chi connectivity index (χ3n) is 2.59. The van der Waals surface area contributed by atoms with E-state index in [4.69, 9.17) is 0 Å². The molecule has 100 valence electrons. The van der Waals surface area contributed by atoms with Gasteiger partial charge in [-0.3, -0.25) is 0 Å². The fourth-order valence-corrected chi connectivity index (χ4v) is 2.43. The summed E-state index contributed by atoms with van der Waals surface area (Å²) in [7, 11) is 0. The van der Waals surface area contributed by atoms with Gasteiger partial charge in [-0.25, -0.2) is 0 Å². The molecule has 0 aliphatic rings. The first kappa shape index (κ1) is 14.2. The minimum Gasteiger partial charge on any atom is -0.406 e. The monoisotopic (exact) mass is 378 g/mol. The van der Waals surface area contributed by atoms with Gasteiger partial charge in [0.25, 0.3) is 0 Å². The fourth-order valence-electron chi connectivity index (χ4n) is 1.79. The highest BCUT2D eigenvalue weighted by Gasteiger charge is 2.30. The smallest absolute Gasteiger partial charge is 0.406 e. The summed E-state index contributed by atoms with van der Waals surface area (Å²) >= 11 is 2.22. The molecule has 0 N–H and O–H groups in total. The van der Waals surface area contributed by atoms with Gasteiger partial charge in [0.15, 0.2) is 0 Å². The van der Waals surface area contributed by atoms with E-state index in [1.807, 2.05) is 25.1 Å². The van der Waals surface area contributed by atoms with Crippen LogP contribution in [0.2, 0.25) is 0 Å². The molecule has 0 heterocycles. The Bertz CT molecular complexity index is 576. The third-order valence-corrected chi connectivity index (χ3v) is 3.26. The zero-order chi connectivity index (χ0) is 14.0. The molecule has 2 rings (SSSR count). The molecule has 0 aromatic heterocycles. The van der Waals surface area contributed by atoms with Crippen molar-refractivity contribution in [3.05, 3.63) is 51.6 Å². The van der Waals surface area contributed by atoms with Gasteiger partial charge >= 0.3 is 6.36 Å². The van der Waals surface area contributed by atoms with Gasteiger partial charge < -0.3 is 4.74 Å². The van der Waals surface area contributed by atoms with Crippen LogP contribution >= 0.6 is 22.6 Å². The first-order valence-corrected chi connectivity index (χ1v) is 6.55. The second kappa shape index (κ2) is 5.40. The van der Waals surface area contributed by atoms with Crippen molar-refractivity contribution >= 4 is 22.6 Å². The average molecular weight is 378 g/mol. The Morgan fingerprint density at radius 1 is 1.00 bits per heavy atom. The molecule has 1 nitrogen and oxygen atoms in total. The van der Waals surface area contributed by atoms with E-state index in [2.05, 4.69) is 27.3 Å². The first-order chi connectivity index (χ1) is 8.85. The molecule has 0 saturated carbocycles. The van der Waals surface area contributed by atoms with Gasteiger partial charge in [0, 0.05) is 3.57 Å². The predicted molar refractivity (Wildman–Crippen MR) is 76.0 cm³/mol. The molecule has 0 radical (unpaired) electrons. The predicted octanol–water partition coefficient (Wildman–Crippen LogP) is 5.17. The van der Waals surface area contributed by atoms with E-state index in [0.717, 1.165) is 20.3 Å². The van der Waals surface area contributed by atoms with Gasteiger partial charge in [-0.2, -0.15) is 0 Å². The van der Waals surface area contributed by atoms with Crippen LogP contribution in [0.3, 0.4) is 0 Å². The average Bonchev–Trinajstić information content (AvgIpc) is 2.28. The van der Waals surface area contributed by atoms with Gasteiger partial charge in [-0.05, 0) is 70.5 Å². The van der Waals surface area contributed by atoms with Crippen LogP contribution < -0.4 is 4.74 Å². The zero-order valence-electron chi connectivity index (χ0n) is 9.96. The third kappa shape index (κ3) is 3.86. The van der Waals surface area contributed by atoms with Crippen molar-refractivity contribution in [3.8, 4) is 16.9 Å². The van der Waals surface area contributed by atoms with Gasteiger partial charge in [0.05, 0.1) is 0 Å². The molecular weight excluding hydrogens is 368 g/mol. The minimum atomic E-state index is -4.65. The van der Waals surface area contributed by atoms with Crippen LogP contribution in [-0.2, 0) is 0 Å². The van der Waals surface area contributed by atoms with Crippen molar-refractivity contribution in [2.24, 2.45) is 0 Å². The highest BCUT2D eigenvalue weighted by molar-refractivity contribution is 14.1. The highest BCUT2D eigenvalue weighted by atomic mass is 127. The van der Waals surface area contributed by atoms with Crippen LogP contribution in [-0.4, -0.2) is 6.36 Å². The lowest BCUT2D eigenvalue weighted by atomic mass is 10.0. The van der Waals surface area contributed by atoms with Crippen molar-refractivity contribution in [2.45, 2.75) is 13.3 Å². The summed E-state index contributed by atoms with van der Waals surface area (Å²) < 4.78 is 41.1. The minimum absolute atomic E-state index is 0.209. The molecule has 0 fully saturated rings. The van der Waals surface area contributed by atoms with E-state index in [1.54, 1.807) is 12.1 Å². The second-order valence-corrected chi connectivity index (χ2v) is 5.28. The fraction of sp³-hybridized carbons (Fsp3) is 0.143. The van der Waals surface area contributed by atoms with E-state index < -0.39 is 6.36 Å². The summed E-state index contributed by atoms with van der Waals surface area (Å²) in [6.07, 6.45) is -4.65. The normalized spacial score (nSPS) is 11.4. The quantitative estimate of drug-likeness (QED) is 0.656. The Balaban J connectivity index is 2.27. The molecule has 2 aromatic carbocycles. The lowest BCUT2D eigenvalue weighted by molar-refractivity contribution is -0.274. The SMILES string of the molecule is Cc1cc(I)ccc1-c1ccc(OC(F)(F)F)cc1. The van der Waals surface area contributed by atoms with Crippen molar-refractivity contribution in [1.29, 1.82) is 0 Å². The van der Waals surface area contributed by atoms with Crippen LogP contribution in [0.1, 0.15) is 5.56 Å². The molecule has 0 aliphatic heterocycles. The molecule has 19 heavy (non-hydrogen) atoms. The summed E-state index contributed by atoms with van der Waals surface area (Å²) in [5, 5.41) is 0. The van der Waals surface area contributed by atoms with E-state index in [9.17, 15) is 13.2 Å². The maximum atomic E-state index is 12.1. The Morgan fingerprint density at radius 2 is 1.63 bits per heavy atom. The lowest BCUT2D eigenvalue weighted by Gasteiger charge is -2.10. The Morgan fingerprint density at radius 3 is 2.16 bits per heavy atom. The zero-order valence-corrected chi connectivity index (χ0v) is 12.1. The van der Waals surface area contributed by atoms with Crippen LogP contribution in [0.15, 0.2) is 42.5 Å². The largest absolute Gasteiger partial charge is 0.573 e. The number of rotatable bonds is 2. The van der Waals surface area contributed by atoms with E-state index in [1.165, 1.54) is 12.1 Å². The Hall–Kier alpha value is -1.24. The molecule has 0 bridgehead atoms. The van der Waals surface area contributed by atoms with Gasteiger partial charge in [-0.1, -0.05) is 18.2 Å². The van der Waals surface area contributed by atoms with E-state index in [-0.39, 0.29) is 5.75 Å². The lowest BCUT2D eigenvalue weighted by Crippen LogP contribution is -2.16. The number of hydrogen-bond donors (Lipinski definition) is 0. The number of aryl methyl sites for hydroxylation is 1. The Kier molecular flexibility index (Phi) is 4.03. The summed E-state index contributed by atoms with van der Waals surface area (Å²) in [4.78, 5) is 0. The second-order valence-electron chi connectivity index (χ2n) is 4.03. The van der Waals surface area contributed by atoms with Crippen LogP contribution in [0, 0.1) is 10.5 Å². The molecule has 0 atom stereocenters. The molecule has 0 unspecified atom stereocenters. The van der Waals surface area contributed by atoms with Gasteiger partial charge in [0.2, 0.25) is 0 Å². The molecule has 0 saturated heterocycles. The van der Waals surface area contributed by atoms with Crippen molar-refractivity contribution in [1.82, 2.24) is 0 Å². The topological polar surface area (TPSA) is 9.23 Å². The van der Waals surface area contributed by atoms with Gasteiger partial charge in [0.1, 0.15) is 5.75 Å². The number of alkyl halides is 3. The van der Waals surface area contributed by atoms with Crippen LogP contribution in [0.4, 0.5) is 13.2 Å². The molecule has 0 amide bonds. The molecule has 0 aliphatic carbocycles. The number of halogens is 4. The van der Waals surface area contributed by atoms with Crippen LogP contribution in [0.5, 0.6) is 5.75 Å². The molecule has 2 aromatic rings. The van der Waals surface area contributed by atoms with E-state index in [0.29, 0.717) is 0 Å². The maximum Gasteiger partial charge on any atom is 0.573 e. The standard InChI is InChI=1S/C14H10F3IO/c1-9-8-11(18)4-7-13(9)10-2-5-12(6-3-10)19-14(15,16)17/h2-8H,1H3. The van der Waals surface area contributed by atoms with Crippen LogP contribution in [0.25, 0.3) is 11.1 Å². The number of ether oxygens (including phenoxy) is 1. The van der Waals surface area contributed by atoms with Crippen molar-refractivity contribution < 1.29 is 17.9 Å². The van der Waals surface area contributed by atoms with E-state index >= 15 is 0 Å². The highest BCUT2D eigenvalue weighted by Crippen LogP contribution is 2.28. The first-order valence-electron chi connectivity index (χ1n) is 5.47. The number of benzene rings is 2. The van der Waals surface area contributed by atoms with Crippen molar-refractivity contribution in [2.75, 3.05) is 0 Å². The molecular formula is C14H10F3IO. The summed E-state index contributed by atoms with van der Waals surface area (Å²) in [5.74, 6) is -0.209. The Labute approximate surface area is 122 Å². The van der Waals surface area contributed by atoms with Gasteiger partial charge in [-0.15, -0.1) is 13.2 Å². The summed E-state index contributed by atoms with van der Waals surface area (Å²) in [6, 6.07) is 11.8. The summed E-state index contributed by atoms with van der Waals surface area (Å²) in [5.41, 5.74) is 2.94. The van der Waals surface area contributed by atoms with Crippen molar-refractivity contribution in [3.63, 3.8) is 0 Å². The molecule has 5 heteroatoms. The molecule has 0 spiro atoms. The maximum absolute atomic E-state index is 12.1.